The van der Waals surface area contributed by atoms with Gasteiger partial charge in [0, 0.05) is 13.0 Å². The molecule has 0 aromatic heterocycles. The number of hydrogen-bond acceptors (Lipinski definition) is 7. The van der Waals surface area contributed by atoms with Crippen LogP contribution in [0.4, 0.5) is 0 Å². The summed E-state index contributed by atoms with van der Waals surface area (Å²) in [6.45, 7) is 3.78. The molecule has 8 N–H and O–H groups in total. The van der Waals surface area contributed by atoms with Crippen LogP contribution in [0, 0.1) is 5.92 Å². The van der Waals surface area contributed by atoms with Gasteiger partial charge in [-0.1, -0.05) is 13.8 Å². The third kappa shape index (κ3) is 9.04. The van der Waals surface area contributed by atoms with Gasteiger partial charge in [0.15, 0.2) is 0 Å². The molecule has 1 fully saturated rings. The van der Waals surface area contributed by atoms with Crippen LogP contribution in [-0.4, -0.2) is 81.4 Å². The van der Waals surface area contributed by atoms with E-state index in [1.165, 1.54) is 4.90 Å². The van der Waals surface area contributed by atoms with E-state index in [0.29, 0.717) is 6.42 Å². The summed E-state index contributed by atoms with van der Waals surface area (Å²) in [5, 5.41) is 22.9. The van der Waals surface area contributed by atoms with Crippen molar-refractivity contribution in [1.29, 1.82) is 0 Å². The highest BCUT2D eigenvalue weighted by Crippen LogP contribution is 2.20. The van der Waals surface area contributed by atoms with Crippen LogP contribution in [0.25, 0.3) is 0 Å². The Bertz CT molecular complexity index is 772. The number of amides is 4. The molecule has 0 bridgehead atoms. The molecule has 0 saturated carbocycles. The molecule has 4 amide bonds. The third-order valence-corrected chi connectivity index (χ3v) is 5.19. The molecule has 1 rings (SSSR count). The predicted molar refractivity (Wildman–Crippen MR) is 114 cm³/mol. The van der Waals surface area contributed by atoms with Crippen LogP contribution in [0.5, 0.6) is 0 Å². The Labute approximate surface area is 191 Å². The van der Waals surface area contributed by atoms with Crippen molar-refractivity contribution < 1.29 is 39.0 Å². The van der Waals surface area contributed by atoms with Crippen LogP contribution < -0.4 is 22.1 Å². The molecule has 33 heavy (non-hydrogen) atoms. The number of carboxylic acid groups (broad SMARTS) is 2. The van der Waals surface area contributed by atoms with Crippen molar-refractivity contribution in [3.05, 3.63) is 0 Å². The SMILES string of the molecule is CC(C)CC(NC(=O)C1CCCN1C(=O)C(CC(N)=O)NC(=O)C(N)CCC(=O)O)C(=O)O. The predicted octanol–water partition coefficient (Wildman–Crippen LogP) is -1.85. The van der Waals surface area contributed by atoms with E-state index in [9.17, 15) is 33.9 Å². The smallest absolute Gasteiger partial charge is 0.326 e. The Kier molecular flexibility index (Phi) is 10.7. The first-order valence-electron chi connectivity index (χ1n) is 10.7. The largest absolute Gasteiger partial charge is 0.481 e. The van der Waals surface area contributed by atoms with E-state index in [2.05, 4.69) is 10.6 Å². The van der Waals surface area contributed by atoms with Crippen LogP contribution in [0.15, 0.2) is 0 Å². The summed E-state index contributed by atoms with van der Waals surface area (Å²) in [6, 6.07) is -4.72. The van der Waals surface area contributed by atoms with Gasteiger partial charge in [-0.05, 0) is 31.6 Å². The van der Waals surface area contributed by atoms with Gasteiger partial charge in [-0.15, -0.1) is 0 Å². The van der Waals surface area contributed by atoms with Gasteiger partial charge in [0.05, 0.1) is 12.5 Å². The summed E-state index contributed by atoms with van der Waals surface area (Å²) in [5.74, 6) is -5.42. The highest BCUT2D eigenvalue weighted by Gasteiger charge is 2.39. The normalized spacial score (nSPS) is 18.3. The second kappa shape index (κ2) is 12.7. The lowest BCUT2D eigenvalue weighted by Crippen LogP contribution is -2.57. The van der Waals surface area contributed by atoms with Crippen molar-refractivity contribution in [2.24, 2.45) is 17.4 Å². The minimum absolute atomic E-state index is 0.00760. The van der Waals surface area contributed by atoms with Crippen molar-refractivity contribution >= 4 is 35.6 Å². The molecule has 0 aromatic carbocycles. The molecule has 186 valence electrons. The minimum Gasteiger partial charge on any atom is -0.481 e. The van der Waals surface area contributed by atoms with Crippen LogP contribution in [0.1, 0.15) is 52.4 Å². The summed E-state index contributed by atoms with van der Waals surface area (Å²) >= 11 is 0. The maximum atomic E-state index is 13.1. The molecule has 1 aliphatic heterocycles. The summed E-state index contributed by atoms with van der Waals surface area (Å²) in [7, 11) is 0. The lowest BCUT2D eigenvalue weighted by molar-refractivity contribution is -0.145. The number of nitrogens with one attached hydrogen (secondary N) is 2. The third-order valence-electron chi connectivity index (χ3n) is 5.19. The summed E-state index contributed by atoms with van der Waals surface area (Å²) in [5.41, 5.74) is 10.9. The second-order valence-corrected chi connectivity index (χ2v) is 8.49. The van der Waals surface area contributed by atoms with Gasteiger partial charge < -0.3 is 37.2 Å². The maximum Gasteiger partial charge on any atom is 0.326 e. The zero-order valence-corrected chi connectivity index (χ0v) is 18.8. The average Bonchev–Trinajstić information content (AvgIpc) is 3.19. The number of hydrogen-bond donors (Lipinski definition) is 6. The molecule has 1 saturated heterocycles. The number of rotatable bonds is 13. The zero-order chi connectivity index (χ0) is 25.3. The fourth-order valence-corrected chi connectivity index (χ4v) is 3.55. The van der Waals surface area contributed by atoms with E-state index in [-0.39, 0.29) is 38.1 Å². The van der Waals surface area contributed by atoms with Crippen molar-refractivity contribution in [1.82, 2.24) is 15.5 Å². The molecule has 4 atom stereocenters. The fraction of sp³-hybridized carbons (Fsp3) is 0.700. The van der Waals surface area contributed by atoms with Crippen molar-refractivity contribution in [3.8, 4) is 0 Å². The summed E-state index contributed by atoms with van der Waals surface area (Å²) < 4.78 is 0. The van der Waals surface area contributed by atoms with E-state index < -0.39 is 66.2 Å². The molecule has 0 spiro atoms. The van der Waals surface area contributed by atoms with Gasteiger partial charge >= 0.3 is 11.9 Å². The van der Waals surface area contributed by atoms with Gasteiger partial charge in [-0.3, -0.25) is 24.0 Å². The lowest BCUT2D eigenvalue weighted by atomic mass is 10.0. The van der Waals surface area contributed by atoms with Crippen molar-refractivity contribution in [2.45, 2.75) is 76.5 Å². The zero-order valence-electron chi connectivity index (χ0n) is 18.8. The van der Waals surface area contributed by atoms with Gasteiger partial charge in [0.25, 0.3) is 0 Å². The average molecular weight is 472 g/mol. The number of primary amides is 1. The Balaban J connectivity index is 2.94. The molecular formula is C20H33N5O8. The molecule has 13 heteroatoms. The number of nitrogens with zero attached hydrogens (tertiary/aromatic N) is 1. The molecular weight excluding hydrogens is 438 g/mol. The monoisotopic (exact) mass is 471 g/mol. The molecule has 1 heterocycles. The molecule has 0 aliphatic carbocycles. The Morgan fingerprint density at radius 2 is 1.70 bits per heavy atom. The topological polar surface area (TPSA) is 222 Å². The minimum atomic E-state index is -1.40. The van der Waals surface area contributed by atoms with E-state index in [1.807, 2.05) is 13.8 Å². The maximum absolute atomic E-state index is 13.1. The van der Waals surface area contributed by atoms with E-state index in [0.717, 1.165) is 0 Å². The van der Waals surface area contributed by atoms with Gasteiger partial charge in [-0.25, -0.2) is 4.79 Å². The Hall–Kier alpha value is -3.22. The number of carboxylic acids is 2. The number of likely N-dealkylation sites (tertiary alicyclic amines) is 1. The van der Waals surface area contributed by atoms with Crippen LogP contribution in [0.2, 0.25) is 0 Å². The van der Waals surface area contributed by atoms with E-state index >= 15 is 0 Å². The molecule has 0 radical (unpaired) electrons. The number of aliphatic carboxylic acids is 2. The van der Waals surface area contributed by atoms with E-state index in [1.54, 1.807) is 0 Å². The van der Waals surface area contributed by atoms with Gasteiger partial charge in [-0.2, -0.15) is 0 Å². The highest BCUT2D eigenvalue weighted by molar-refractivity contribution is 5.96. The number of carbonyl (C=O) groups excluding carboxylic acids is 4. The molecule has 13 nitrogen and oxygen atoms in total. The number of carbonyl (C=O) groups is 6. The second-order valence-electron chi connectivity index (χ2n) is 8.49. The Morgan fingerprint density at radius 1 is 1.06 bits per heavy atom. The van der Waals surface area contributed by atoms with Gasteiger partial charge in [0.1, 0.15) is 18.1 Å². The van der Waals surface area contributed by atoms with E-state index in [4.69, 9.17) is 16.6 Å². The molecule has 0 aromatic rings. The lowest BCUT2D eigenvalue weighted by Gasteiger charge is -2.29. The first kappa shape index (κ1) is 27.8. The Morgan fingerprint density at radius 3 is 2.21 bits per heavy atom. The van der Waals surface area contributed by atoms with Gasteiger partial charge in [0.2, 0.25) is 23.6 Å². The summed E-state index contributed by atoms with van der Waals surface area (Å²) in [4.78, 5) is 73.0. The number of nitrogens with two attached hydrogens (primary N) is 2. The highest BCUT2D eigenvalue weighted by atomic mass is 16.4. The quantitative estimate of drug-likeness (QED) is 0.177. The van der Waals surface area contributed by atoms with Crippen molar-refractivity contribution in [3.63, 3.8) is 0 Å². The first-order valence-corrected chi connectivity index (χ1v) is 10.7. The standard InChI is InChI=1S/C20H33N5O8/c1-10(2)8-13(20(32)33)24-18(30)14-4-3-7-25(14)19(31)12(9-15(22)26)23-17(29)11(21)5-6-16(27)28/h10-14H,3-9,21H2,1-2H3,(H2,22,26)(H,23,29)(H,24,30)(H,27,28)(H,32,33). The van der Waals surface area contributed by atoms with Crippen LogP contribution in [-0.2, 0) is 28.8 Å². The summed E-state index contributed by atoms with van der Waals surface area (Å²) in [6.07, 6.45) is -0.150. The van der Waals surface area contributed by atoms with Crippen LogP contribution in [0.3, 0.4) is 0 Å². The fourth-order valence-electron chi connectivity index (χ4n) is 3.55. The first-order chi connectivity index (χ1) is 15.3. The molecule has 1 aliphatic rings. The van der Waals surface area contributed by atoms with Crippen LogP contribution >= 0.6 is 0 Å². The van der Waals surface area contributed by atoms with Crippen molar-refractivity contribution in [2.75, 3.05) is 6.54 Å². The molecule has 4 unspecified atom stereocenters.